The molecule has 0 unspecified atom stereocenters. The second-order valence-corrected chi connectivity index (χ2v) is 6.51. The molecule has 0 fully saturated rings. The van der Waals surface area contributed by atoms with Crippen molar-refractivity contribution in [1.82, 2.24) is 4.31 Å². The van der Waals surface area contributed by atoms with Gasteiger partial charge in [0.15, 0.2) is 0 Å². The maximum atomic E-state index is 12.9. The number of hydrogen-bond donors (Lipinski definition) is 0. The Kier molecular flexibility index (Phi) is 4.09. The van der Waals surface area contributed by atoms with Gasteiger partial charge in [0.25, 0.3) is 0 Å². The lowest BCUT2D eigenvalue weighted by atomic mass is 10.3. The normalized spacial score (nSPS) is 12.4. The molecule has 0 amide bonds. The summed E-state index contributed by atoms with van der Waals surface area (Å²) in [5, 5.41) is 0. The summed E-state index contributed by atoms with van der Waals surface area (Å²) in [6, 6.07) is 3.38. The molecule has 0 aliphatic rings. The Morgan fingerprint density at radius 1 is 1.38 bits per heavy atom. The second kappa shape index (κ2) is 4.81. The monoisotopic (exact) mass is 309 g/mol. The lowest BCUT2D eigenvalue weighted by Crippen LogP contribution is -2.33. The maximum absolute atomic E-state index is 12.9. The fourth-order valence-electron chi connectivity index (χ4n) is 1.12. The number of hydrogen-bond acceptors (Lipinski definition) is 2. The molecule has 0 spiro atoms. The molecule has 1 aromatic rings. The SMILES string of the molecule is CC(C)N(C)S(=O)(=O)c1ccc(F)cc1Br. The Bertz CT molecular complexity index is 488. The van der Waals surface area contributed by atoms with Gasteiger partial charge >= 0.3 is 0 Å². The van der Waals surface area contributed by atoms with E-state index in [2.05, 4.69) is 15.9 Å². The average molecular weight is 310 g/mol. The Hall–Kier alpha value is -0.460. The largest absolute Gasteiger partial charge is 0.244 e. The molecular weight excluding hydrogens is 297 g/mol. The van der Waals surface area contributed by atoms with Gasteiger partial charge in [0, 0.05) is 17.6 Å². The average Bonchev–Trinajstić information content (AvgIpc) is 2.15. The minimum absolute atomic E-state index is 0.0742. The molecular formula is C10H13BrFNO2S. The first-order valence-electron chi connectivity index (χ1n) is 4.70. The van der Waals surface area contributed by atoms with Gasteiger partial charge in [-0.15, -0.1) is 0 Å². The van der Waals surface area contributed by atoms with E-state index in [0.29, 0.717) is 0 Å². The molecule has 0 aliphatic heterocycles. The van der Waals surface area contributed by atoms with Crippen molar-refractivity contribution in [2.75, 3.05) is 7.05 Å². The first-order valence-corrected chi connectivity index (χ1v) is 6.93. The molecule has 90 valence electrons. The molecule has 1 aromatic carbocycles. The van der Waals surface area contributed by atoms with Crippen molar-refractivity contribution in [2.24, 2.45) is 0 Å². The molecule has 3 nitrogen and oxygen atoms in total. The molecule has 6 heteroatoms. The molecule has 0 atom stereocenters. The first kappa shape index (κ1) is 13.6. The van der Waals surface area contributed by atoms with Gasteiger partial charge in [-0.3, -0.25) is 0 Å². The summed E-state index contributed by atoms with van der Waals surface area (Å²) in [5.74, 6) is -0.474. The van der Waals surface area contributed by atoms with Crippen LogP contribution in [0.4, 0.5) is 4.39 Å². The van der Waals surface area contributed by atoms with Crippen molar-refractivity contribution in [3.63, 3.8) is 0 Å². The quantitative estimate of drug-likeness (QED) is 0.860. The van der Waals surface area contributed by atoms with Gasteiger partial charge in [-0.2, -0.15) is 4.31 Å². The lowest BCUT2D eigenvalue weighted by molar-refractivity contribution is 0.410. The Morgan fingerprint density at radius 3 is 2.38 bits per heavy atom. The van der Waals surface area contributed by atoms with Crippen LogP contribution in [-0.4, -0.2) is 25.8 Å². The summed E-state index contributed by atoms with van der Waals surface area (Å²) >= 11 is 3.05. The highest BCUT2D eigenvalue weighted by atomic mass is 79.9. The molecule has 0 saturated carbocycles. The van der Waals surface area contributed by atoms with Crippen LogP contribution in [0.25, 0.3) is 0 Å². The van der Waals surface area contributed by atoms with Crippen LogP contribution < -0.4 is 0 Å². The first-order chi connectivity index (χ1) is 7.26. The molecule has 0 bridgehead atoms. The number of halogens is 2. The van der Waals surface area contributed by atoms with Crippen molar-refractivity contribution in [2.45, 2.75) is 24.8 Å². The summed E-state index contributed by atoms with van der Waals surface area (Å²) in [4.78, 5) is 0.0742. The van der Waals surface area contributed by atoms with E-state index in [1.165, 1.54) is 17.4 Å². The van der Waals surface area contributed by atoms with Crippen LogP contribution in [0, 0.1) is 5.82 Å². The van der Waals surface area contributed by atoms with Crippen molar-refractivity contribution >= 4 is 26.0 Å². The molecule has 16 heavy (non-hydrogen) atoms. The van der Waals surface area contributed by atoms with Crippen molar-refractivity contribution < 1.29 is 12.8 Å². The summed E-state index contributed by atoms with van der Waals surface area (Å²) < 4.78 is 38.5. The van der Waals surface area contributed by atoms with E-state index in [0.717, 1.165) is 12.1 Å². The van der Waals surface area contributed by atoms with Crippen LogP contribution in [0.2, 0.25) is 0 Å². The number of rotatable bonds is 3. The van der Waals surface area contributed by atoms with E-state index in [1.54, 1.807) is 13.8 Å². The van der Waals surface area contributed by atoms with Gasteiger partial charge < -0.3 is 0 Å². The lowest BCUT2D eigenvalue weighted by Gasteiger charge is -2.21. The third kappa shape index (κ3) is 2.61. The fraction of sp³-hybridized carbons (Fsp3) is 0.400. The second-order valence-electron chi connectivity index (χ2n) is 3.69. The van der Waals surface area contributed by atoms with E-state index in [4.69, 9.17) is 0 Å². The predicted octanol–water partition coefficient (Wildman–Crippen LogP) is 2.62. The number of nitrogens with zero attached hydrogens (tertiary/aromatic N) is 1. The summed E-state index contributed by atoms with van der Waals surface area (Å²) in [6.45, 7) is 3.55. The standard InChI is InChI=1S/C10H13BrFNO2S/c1-7(2)13(3)16(14,15)10-5-4-8(12)6-9(10)11/h4-7H,1-3H3. The number of benzene rings is 1. The summed E-state index contributed by atoms with van der Waals surface area (Å²) in [5.41, 5.74) is 0. The van der Waals surface area contributed by atoms with E-state index in [-0.39, 0.29) is 15.4 Å². The van der Waals surface area contributed by atoms with Gasteiger partial charge in [0.1, 0.15) is 5.82 Å². The zero-order valence-corrected chi connectivity index (χ0v) is 11.6. The Labute approximate surface area is 103 Å². The number of sulfonamides is 1. The molecule has 1 rings (SSSR count). The van der Waals surface area contributed by atoms with Crippen molar-refractivity contribution in [1.29, 1.82) is 0 Å². The minimum atomic E-state index is -3.57. The van der Waals surface area contributed by atoms with Crippen LogP contribution >= 0.6 is 15.9 Å². The zero-order chi connectivity index (χ0) is 12.5. The van der Waals surface area contributed by atoms with Gasteiger partial charge in [-0.1, -0.05) is 0 Å². The molecule has 0 heterocycles. The molecule has 0 aliphatic carbocycles. The summed E-state index contributed by atoms with van der Waals surface area (Å²) in [7, 11) is -2.07. The van der Waals surface area contributed by atoms with Gasteiger partial charge in [-0.05, 0) is 48.0 Å². The molecule has 0 aromatic heterocycles. The maximum Gasteiger partial charge on any atom is 0.244 e. The van der Waals surface area contributed by atoms with Crippen LogP contribution in [0.3, 0.4) is 0 Å². The van der Waals surface area contributed by atoms with Crippen molar-refractivity contribution in [3.05, 3.63) is 28.5 Å². The molecule has 0 radical (unpaired) electrons. The zero-order valence-electron chi connectivity index (χ0n) is 9.24. The van der Waals surface area contributed by atoms with E-state index < -0.39 is 15.8 Å². The smallest absolute Gasteiger partial charge is 0.207 e. The predicted molar refractivity (Wildman–Crippen MR) is 64.2 cm³/mol. The fourth-order valence-corrected chi connectivity index (χ4v) is 3.49. The highest BCUT2D eigenvalue weighted by molar-refractivity contribution is 9.10. The van der Waals surface area contributed by atoms with E-state index >= 15 is 0 Å². The highest BCUT2D eigenvalue weighted by Gasteiger charge is 2.25. The van der Waals surface area contributed by atoms with Crippen LogP contribution in [0.15, 0.2) is 27.6 Å². The van der Waals surface area contributed by atoms with Crippen LogP contribution in [-0.2, 0) is 10.0 Å². The topological polar surface area (TPSA) is 37.4 Å². The highest BCUT2D eigenvalue weighted by Crippen LogP contribution is 2.25. The van der Waals surface area contributed by atoms with E-state index in [1.807, 2.05) is 0 Å². The van der Waals surface area contributed by atoms with Gasteiger partial charge in [-0.25, -0.2) is 12.8 Å². The van der Waals surface area contributed by atoms with E-state index in [9.17, 15) is 12.8 Å². The third-order valence-electron chi connectivity index (χ3n) is 2.28. The molecule has 0 saturated heterocycles. The Balaban J connectivity index is 3.28. The minimum Gasteiger partial charge on any atom is -0.207 e. The third-order valence-corrected chi connectivity index (χ3v) is 5.29. The Morgan fingerprint density at radius 2 is 1.94 bits per heavy atom. The molecule has 0 N–H and O–H groups in total. The summed E-state index contributed by atoms with van der Waals surface area (Å²) in [6.07, 6.45) is 0. The van der Waals surface area contributed by atoms with Gasteiger partial charge in [0.2, 0.25) is 10.0 Å². The van der Waals surface area contributed by atoms with Gasteiger partial charge in [0.05, 0.1) is 4.90 Å². The van der Waals surface area contributed by atoms with Crippen LogP contribution in [0.1, 0.15) is 13.8 Å². The van der Waals surface area contributed by atoms with Crippen molar-refractivity contribution in [3.8, 4) is 0 Å². The van der Waals surface area contributed by atoms with Crippen LogP contribution in [0.5, 0.6) is 0 Å².